The predicted molar refractivity (Wildman–Crippen MR) is 91.6 cm³/mol. The Balaban J connectivity index is 1.94. The molecule has 26 heavy (non-hydrogen) atoms. The lowest BCUT2D eigenvalue weighted by Crippen LogP contribution is -2.16. The van der Waals surface area contributed by atoms with E-state index in [2.05, 4.69) is 0 Å². The summed E-state index contributed by atoms with van der Waals surface area (Å²) in [6, 6.07) is 10.2. The van der Waals surface area contributed by atoms with Gasteiger partial charge in [0, 0.05) is 18.2 Å². The van der Waals surface area contributed by atoms with Gasteiger partial charge in [-0.05, 0) is 17.7 Å². The lowest BCUT2D eigenvalue weighted by molar-refractivity contribution is -0.384. The number of nitrogens with zero attached hydrogens (tertiary/aromatic N) is 1. The molecule has 0 unspecified atom stereocenters. The zero-order chi connectivity index (χ0) is 19.1. The summed E-state index contributed by atoms with van der Waals surface area (Å²) in [5.41, 5.74) is 0.760. The normalized spacial score (nSPS) is 10.1. The Bertz CT molecular complexity index is 815. The van der Waals surface area contributed by atoms with Crippen molar-refractivity contribution >= 4 is 17.4 Å². The topological polar surface area (TPSA) is 105 Å². The summed E-state index contributed by atoms with van der Waals surface area (Å²) in [6.45, 7) is -0.436. The summed E-state index contributed by atoms with van der Waals surface area (Å²) >= 11 is 0. The molecule has 0 aromatic heterocycles. The van der Waals surface area contributed by atoms with Crippen LogP contribution in [0.3, 0.4) is 0 Å². The standard InChI is InChI=1S/C18H17NO7/c1-24-14-7-8-15(17(10-14)25-2)16(20)11-26-18(21)9-12-3-5-13(6-4-12)19(22)23/h3-8,10H,9,11H2,1-2H3. The van der Waals surface area contributed by atoms with Crippen LogP contribution in [0.1, 0.15) is 15.9 Å². The zero-order valence-electron chi connectivity index (χ0n) is 14.3. The first-order chi connectivity index (χ1) is 12.4. The van der Waals surface area contributed by atoms with Crippen LogP contribution < -0.4 is 9.47 Å². The molecule has 0 aliphatic heterocycles. The van der Waals surface area contributed by atoms with E-state index < -0.39 is 23.3 Å². The molecule has 0 radical (unpaired) electrons. The summed E-state index contributed by atoms with van der Waals surface area (Å²) < 4.78 is 15.2. The van der Waals surface area contributed by atoms with Gasteiger partial charge in [0.05, 0.1) is 31.1 Å². The molecule has 8 nitrogen and oxygen atoms in total. The fourth-order valence-corrected chi connectivity index (χ4v) is 2.21. The fraction of sp³-hybridized carbons (Fsp3) is 0.222. The minimum Gasteiger partial charge on any atom is -0.497 e. The molecule has 8 heteroatoms. The maximum absolute atomic E-state index is 12.2. The summed E-state index contributed by atoms with van der Waals surface area (Å²) in [4.78, 5) is 34.2. The van der Waals surface area contributed by atoms with Crippen LogP contribution in [0.15, 0.2) is 42.5 Å². The van der Waals surface area contributed by atoms with Crippen LogP contribution in [0, 0.1) is 10.1 Å². The van der Waals surface area contributed by atoms with Crippen molar-refractivity contribution in [2.75, 3.05) is 20.8 Å². The van der Waals surface area contributed by atoms with E-state index in [1.165, 1.54) is 44.6 Å². The van der Waals surface area contributed by atoms with Gasteiger partial charge in [0.15, 0.2) is 6.61 Å². The van der Waals surface area contributed by atoms with Crippen LogP contribution in [0.2, 0.25) is 0 Å². The zero-order valence-corrected chi connectivity index (χ0v) is 14.3. The molecule has 0 atom stereocenters. The van der Waals surface area contributed by atoms with Gasteiger partial charge in [-0.2, -0.15) is 0 Å². The average Bonchev–Trinajstić information content (AvgIpc) is 2.65. The molecule has 0 N–H and O–H groups in total. The van der Waals surface area contributed by atoms with Crippen molar-refractivity contribution in [3.8, 4) is 11.5 Å². The minimum absolute atomic E-state index is 0.0658. The van der Waals surface area contributed by atoms with E-state index >= 15 is 0 Å². The molecule has 0 amide bonds. The molecule has 136 valence electrons. The third-order valence-corrected chi connectivity index (χ3v) is 3.57. The van der Waals surface area contributed by atoms with E-state index in [4.69, 9.17) is 14.2 Å². The van der Waals surface area contributed by atoms with Crippen LogP contribution in [0.4, 0.5) is 5.69 Å². The molecule has 0 aliphatic rings. The number of ether oxygens (including phenoxy) is 3. The quantitative estimate of drug-likeness (QED) is 0.309. The Morgan fingerprint density at radius 3 is 2.31 bits per heavy atom. The van der Waals surface area contributed by atoms with Crippen molar-refractivity contribution in [2.24, 2.45) is 0 Å². The van der Waals surface area contributed by atoms with Crippen molar-refractivity contribution in [3.63, 3.8) is 0 Å². The molecule has 0 heterocycles. The molecule has 2 aromatic rings. The van der Waals surface area contributed by atoms with Crippen LogP contribution in [0.5, 0.6) is 11.5 Å². The van der Waals surface area contributed by atoms with Crippen molar-refractivity contribution in [2.45, 2.75) is 6.42 Å². The van der Waals surface area contributed by atoms with Gasteiger partial charge >= 0.3 is 5.97 Å². The minimum atomic E-state index is -0.611. The number of hydrogen-bond donors (Lipinski definition) is 0. The first-order valence-corrected chi connectivity index (χ1v) is 7.58. The number of Topliss-reactive ketones (excluding diaryl/α,β-unsaturated/α-hetero) is 1. The third kappa shape index (κ3) is 4.79. The Hall–Kier alpha value is -3.42. The first-order valence-electron chi connectivity index (χ1n) is 7.58. The SMILES string of the molecule is COc1ccc(C(=O)COC(=O)Cc2ccc([N+](=O)[O-])cc2)c(OC)c1. The molecule has 0 spiro atoms. The van der Waals surface area contributed by atoms with Gasteiger partial charge in [-0.25, -0.2) is 0 Å². The van der Waals surface area contributed by atoms with Gasteiger partial charge in [0.25, 0.3) is 5.69 Å². The third-order valence-electron chi connectivity index (χ3n) is 3.57. The second-order valence-corrected chi connectivity index (χ2v) is 5.25. The van der Waals surface area contributed by atoms with Crippen molar-refractivity contribution < 1.29 is 28.7 Å². The van der Waals surface area contributed by atoms with Crippen LogP contribution >= 0.6 is 0 Å². The van der Waals surface area contributed by atoms with E-state index in [0.717, 1.165) is 0 Å². The Kier molecular flexibility index (Phi) is 6.26. The van der Waals surface area contributed by atoms with E-state index in [0.29, 0.717) is 17.1 Å². The number of carbonyl (C=O) groups excluding carboxylic acids is 2. The van der Waals surface area contributed by atoms with Crippen molar-refractivity contribution in [1.82, 2.24) is 0 Å². The lowest BCUT2D eigenvalue weighted by Gasteiger charge is -2.10. The van der Waals surface area contributed by atoms with Crippen molar-refractivity contribution in [3.05, 3.63) is 63.7 Å². The van der Waals surface area contributed by atoms with Gasteiger partial charge in [0.2, 0.25) is 5.78 Å². The summed E-state index contributed by atoms with van der Waals surface area (Å²) in [5.74, 6) is -0.171. The second kappa shape index (κ2) is 8.61. The highest BCUT2D eigenvalue weighted by Crippen LogP contribution is 2.25. The molecule has 2 aromatic carbocycles. The number of carbonyl (C=O) groups is 2. The van der Waals surface area contributed by atoms with Crippen LogP contribution in [-0.2, 0) is 16.0 Å². The van der Waals surface area contributed by atoms with E-state index in [-0.39, 0.29) is 17.7 Å². The number of benzene rings is 2. The van der Waals surface area contributed by atoms with Crippen molar-refractivity contribution in [1.29, 1.82) is 0 Å². The van der Waals surface area contributed by atoms with E-state index in [9.17, 15) is 19.7 Å². The lowest BCUT2D eigenvalue weighted by atomic mass is 10.1. The highest BCUT2D eigenvalue weighted by molar-refractivity contribution is 6.00. The van der Waals surface area contributed by atoms with Gasteiger partial charge in [-0.3, -0.25) is 19.7 Å². The summed E-state index contributed by atoms with van der Waals surface area (Å²) in [6.07, 6.45) is -0.0922. The Morgan fingerprint density at radius 2 is 1.73 bits per heavy atom. The number of nitro groups is 1. The van der Waals surface area contributed by atoms with Gasteiger partial charge in [-0.1, -0.05) is 12.1 Å². The molecule has 0 fully saturated rings. The highest BCUT2D eigenvalue weighted by atomic mass is 16.6. The monoisotopic (exact) mass is 359 g/mol. The summed E-state index contributed by atoms with van der Waals surface area (Å²) in [5, 5.41) is 10.6. The smallest absolute Gasteiger partial charge is 0.310 e. The molecular weight excluding hydrogens is 342 g/mol. The van der Waals surface area contributed by atoms with Crippen LogP contribution in [0.25, 0.3) is 0 Å². The Morgan fingerprint density at radius 1 is 1.04 bits per heavy atom. The van der Waals surface area contributed by atoms with Gasteiger partial charge < -0.3 is 14.2 Å². The number of esters is 1. The largest absolute Gasteiger partial charge is 0.497 e. The number of ketones is 1. The van der Waals surface area contributed by atoms with Gasteiger partial charge in [-0.15, -0.1) is 0 Å². The second-order valence-electron chi connectivity index (χ2n) is 5.25. The number of rotatable bonds is 8. The highest BCUT2D eigenvalue weighted by Gasteiger charge is 2.16. The maximum atomic E-state index is 12.2. The molecular formula is C18H17NO7. The Labute approximate surface area is 149 Å². The van der Waals surface area contributed by atoms with E-state index in [1.54, 1.807) is 12.1 Å². The number of non-ortho nitro benzene ring substituents is 1. The molecule has 0 saturated carbocycles. The maximum Gasteiger partial charge on any atom is 0.310 e. The first kappa shape index (κ1) is 18.9. The molecule has 2 rings (SSSR count). The number of hydrogen-bond acceptors (Lipinski definition) is 7. The van der Waals surface area contributed by atoms with Gasteiger partial charge in [0.1, 0.15) is 11.5 Å². The van der Waals surface area contributed by atoms with E-state index in [1.807, 2.05) is 0 Å². The fourth-order valence-electron chi connectivity index (χ4n) is 2.21. The molecule has 0 bridgehead atoms. The van der Waals surface area contributed by atoms with Crippen LogP contribution in [-0.4, -0.2) is 37.5 Å². The molecule has 0 aliphatic carbocycles. The average molecular weight is 359 g/mol. The number of methoxy groups -OCH3 is 2. The summed E-state index contributed by atoms with van der Waals surface area (Å²) in [7, 11) is 2.92. The molecule has 0 saturated heterocycles. The predicted octanol–water partition coefficient (Wildman–Crippen LogP) is 2.58. The number of nitro benzene ring substituents is 1.